The van der Waals surface area contributed by atoms with E-state index in [-0.39, 0.29) is 47.7 Å². The molecule has 0 saturated heterocycles. The summed E-state index contributed by atoms with van der Waals surface area (Å²) in [4.78, 5) is 44.5. The van der Waals surface area contributed by atoms with Gasteiger partial charge in [0.15, 0.2) is 0 Å². The normalized spacial score (nSPS) is 21.7. The first kappa shape index (κ1) is 31.6. The molecule has 2 atom stereocenters. The lowest BCUT2D eigenvalue weighted by Gasteiger charge is -2.37. The average molecular weight is 539 g/mol. The maximum Gasteiger partial charge on any atom is 0.266 e. The highest BCUT2D eigenvalue weighted by molar-refractivity contribution is 6.17. The van der Waals surface area contributed by atoms with E-state index in [1.807, 2.05) is 33.8 Å². The van der Waals surface area contributed by atoms with E-state index >= 15 is 0 Å². The minimum atomic E-state index is -1.21. The Balaban J connectivity index is 2.31. The van der Waals surface area contributed by atoms with Gasteiger partial charge in [-0.3, -0.25) is 19.3 Å². The minimum absolute atomic E-state index is 0.0214. The van der Waals surface area contributed by atoms with Crippen molar-refractivity contribution >= 4 is 17.7 Å². The lowest BCUT2D eigenvalue weighted by atomic mass is 9.88. The van der Waals surface area contributed by atoms with Crippen LogP contribution in [-0.4, -0.2) is 77.4 Å². The van der Waals surface area contributed by atoms with Crippen molar-refractivity contribution in [1.29, 1.82) is 5.26 Å². The molecule has 0 bridgehead atoms. The Hall–Kier alpha value is -3.57. The molecule has 2 aliphatic heterocycles. The van der Waals surface area contributed by atoms with Crippen molar-refractivity contribution in [2.45, 2.75) is 72.8 Å². The second-order valence-corrected chi connectivity index (χ2v) is 9.97. The van der Waals surface area contributed by atoms with Crippen molar-refractivity contribution in [3.05, 3.63) is 57.6 Å². The number of allylic oxidation sites excluding steroid dienone is 2. The number of imide groups is 1. The van der Waals surface area contributed by atoms with Crippen molar-refractivity contribution in [2.24, 2.45) is 5.92 Å². The van der Waals surface area contributed by atoms with Gasteiger partial charge in [0.2, 0.25) is 0 Å². The topological polar surface area (TPSA) is 125 Å². The first-order valence-electron chi connectivity index (χ1n) is 13.1. The van der Waals surface area contributed by atoms with E-state index in [2.05, 4.69) is 4.85 Å². The summed E-state index contributed by atoms with van der Waals surface area (Å²) in [6.45, 7) is 19.3. The van der Waals surface area contributed by atoms with Crippen LogP contribution in [0, 0.1) is 23.8 Å². The summed E-state index contributed by atoms with van der Waals surface area (Å²) >= 11 is 0. The number of amides is 3. The first-order chi connectivity index (χ1) is 18.5. The number of carbonyl (C=O) groups excluding carboxylic acids is 3. The predicted octanol–water partition coefficient (Wildman–Crippen LogP) is 3.28. The van der Waals surface area contributed by atoms with E-state index in [0.717, 1.165) is 4.90 Å². The molecule has 2 unspecified atom stereocenters. The van der Waals surface area contributed by atoms with Crippen LogP contribution in [0.3, 0.4) is 0 Å². The van der Waals surface area contributed by atoms with Gasteiger partial charge < -0.3 is 19.5 Å². The lowest BCUT2D eigenvalue weighted by Crippen LogP contribution is -2.49. The standard InChI is InChI=1S/C29H38N4O6/c1-18(2)38-15-9-13-32-26(34)22(20(5)24(17-30)28(32)36)11-8-12-23-21(6)25(31-7)29(37)33(27(23)35)14-10-16-39-19(3)4/h8,11-12,18-19,22,26,34H,9-10,13-16H2,1-6H3. The summed E-state index contributed by atoms with van der Waals surface area (Å²) in [5.41, 5.74) is 0.724. The van der Waals surface area contributed by atoms with Crippen LogP contribution in [0.4, 0.5) is 0 Å². The summed E-state index contributed by atoms with van der Waals surface area (Å²) in [6.07, 6.45) is 4.44. The van der Waals surface area contributed by atoms with Crippen LogP contribution in [0.5, 0.6) is 0 Å². The van der Waals surface area contributed by atoms with Crippen molar-refractivity contribution in [1.82, 2.24) is 9.80 Å². The number of aliphatic hydroxyl groups is 1. The first-order valence-corrected chi connectivity index (χ1v) is 13.1. The quantitative estimate of drug-likeness (QED) is 0.175. The van der Waals surface area contributed by atoms with Crippen molar-refractivity contribution in [3.63, 3.8) is 0 Å². The summed E-state index contributed by atoms with van der Waals surface area (Å²) < 4.78 is 11.0. The SMILES string of the molecule is [C-]#[N+]C1=C(C)C(=CC=CC2C(C)=C(C#N)C(=O)N(CCCOC(C)C)C2O)C(=O)N(CCCOC(C)C)C1=O. The fraction of sp³-hybridized carbons (Fsp3) is 0.552. The summed E-state index contributed by atoms with van der Waals surface area (Å²) in [6, 6.07) is 1.95. The molecule has 10 nitrogen and oxygen atoms in total. The van der Waals surface area contributed by atoms with Crippen molar-refractivity contribution in [3.8, 4) is 6.07 Å². The van der Waals surface area contributed by atoms with Crippen LogP contribution in [-0.2, 0) is 23.9 Å². The number of ether oxygens (including phenoxy) is 2. The monoisotopic (exact) mass is 538 g/mol. The number of nitriles is 1. The number of hydrogen-bond acceptors (Lipinski definition) is 7. The molecule has 2 aliphatic rings. The summed E-state index contributed by atoms with van der Waals surface area (Å²) in [7, 11) is 0. The van der Waals surface area contributed by atoms with E-state index in [4.69, 9.17) is 16.0 Å². The van der Waals surface area contributed by atoms with Gasteiger partial charge in [-0.25, -0.2) is 4.85 Å². The second-order valence-electron chi connectivity index (χ2n) is 9.97. The van der Waals surface area contributed by atoms with Gasteiger partial charge in [0.25, 0.3) is 23.4 Å². The van der Waals surface area contributed by atoms with Crippen LogP contribution in [0.15, 0.2) is 46.2 Å². The Bertz CT molecular complexity index is 1170. The minimum Gasteiger partial charge on any atom is -0.379 e. The molecular formula is C29H38N4O6. The molecule has 10 heteroatoms. The maximum absolute atomic E-state index is 13.2. The zero-order valence-electron chi connectivity index (χ0n) is 23.6. The third-order valence-electron chi connectivity index (χ3n) is 6.47. The van der Waals surface area contributed by atoms with E-state index in [1.165, 1.54) is 11.0 Å². The third-order valence-corrected chi connectivity index (χ3v) is 6.47. The van der Waals surface area contributed by atoms with Crippen molar-refractivity contribution in [2.75, 3.05) is 26.3 Å². The van der Waals surface area contributed by atoms with Gasteiger partial charge in [0.05, 0.1) is 18.8 Å². The number of rotatable bonds is 12. The van der Waals surface area contributed by atoms with Gasteiger partial charge in [-0.15, -0.1) is 0 Å². The maximum atomic E-state index is 13.2. The number of hydrogen-bond donors (Lipinski definition) is 1. The molecule has 0 spiro atoms. The van der Waals surface area contributed by atoms with Gasteiger partial charge in [0, 0.05) is 37.8 Å². The molecule has 0 aromatic carbocycles. The summed E-state index contributed by atoms with van der Waals surface area (Å²) in [5.74, 6) is -2.37. The number of aliphatic hydroxyl groups excluding tert-OH is 1. The molecule has 39 heavy (non-hydrogen) atoms. The van der Waals surface area contributed by atoms with Crippen LogP contribution >= 0.6 is 0 Å². The molecule has 2 heterocycles. The molecule has 3 amide bonds. The average Bonchev–Trinajstić information content (AvgIpc) is 2.87. The smallest absolute Gasteiger partial charge is 0.266 e. The third kappa shape index (κ3) is 7.73. The molecular weight excluding hydrogens is 500 g/mol. The molecule has 1 N–H and O–H groups in total. The number of nitrogens with zero attached hydrogens (tertiary/aromatic N) is 4. The Morgan fingerprint density at radius 2 is 1.62 bits per heavy atom. The zero-order valence-corrected chi connectivity index (χ0v) is 23.6. The van der Waals surface area contributed by atoms with Crippen LogP contribution in [0.1, 0.15) is 54.4 Å². The Morgan fingerprint density at radius 1 is 1.03 bits per heavy atom. The second kappa shape index (κ2) is 14.5. The van der Waals surface area contributed by atoms with Crippen molar-refractivity contribution < 1.29 is 29.0 Å². The Morgan fingerprint density at radius 3 is 2.15 bits per heavy atom. The van der Waals surface area contributed by atoms with E-state index < -0.39 is 29.9 Å². The van der Waals surface area contributed by atoms with E-state index in [1.54, 1.807) is 26.0 Å². The zero-order chi connectivity index (χ0) is 29.3. The van der Waals surface area contributed by atoms with E-state index in [9.17, 15) is 24.8 Å². The van der Waals surface area contributed by atoms with Crippen LogP contribution in [0.2, 0.25) is 0 Å². The van der Waals surface area contributed by atoms with Crippen LogP contribution < -0.4 is 0 Å². The molecule has 0 aliphatic carbocycles. The molecule has 0 fully saturated rings. The highest BCUT2D eigenvalue weighted by atomic mass is 16.5. The van der Waals surface area contributed by atoms with E-state index in [0.29, 0.717) is 31.6 Å². The predicted molar refractivity (Wildman–Crippen MR) is 144 cm³/mol. The van der Waals surface area contributed by atoms with Crippen LogP contribution in [0.25, 0.3) is 4.85 Å². The molecule has 210 valence electrons. The molecule has 0 radical (unpaired) electrons. The van der Waals surface area contributed by atoms with Gasteiger partial charge in [0.1, 0.15) is 17.9 Å². The molecule has 0 saturated carbocycles. The molecule has 2 rings (SSSR count). The number of carbonyl (C=O) groups is 3. The van der Waals surface area contributed by atoms with Gasteiger partial charge in [-0.1, -0.05) is 18.2 Å². The highest BCUT2D eigenvalue weighted by Gasteiger charge is 2.38. The fourth-order valence-electron chi connectivity index (χ4n) is 4.34. The van der Waals surface area contributed by atoms with Gasteiger partial charge in [-0.2, -0.15) is 5.26 Å². The molecule has 0 aromatic rings. The fourth-order valence-corrected chi connectivity index (χ4v) is 4.34. The summed E-state index contributed by atoms with van der Waals surface area (Å²) in [5, 5.41) is 20.6. The lowest BCUT2D eigenvalue weighted by molar-refractivity contribution is -0.142. The largest absolute Gasteiger partial charge is 0.379 e. The highest BCUT2D eigenvalue weighted by Crippen LogP contribution is 2.31. The molecule has 0 aromatic heterocycles. The van der Waals surface area contributed by atoms with Gasteiger partial charge >= 0.3 is 0 Å². The Kier molecular flexibility index (Phi) is 11.8. The van der Waals surface area contributed by atoms with Gasteiger partial charge in [-0.05, 0) is 65.5 Å². The Labute approximate surface area is 230 Å².